The Labute approximate surface area is 134 Å². The quantitative estimate of drug-likeness (QED) is 0.811. The van der Waals surface area contributed by atoms with Crippen LogP contribution in [0.5, 0.6) is 5.75 Å². The summed E-state index contributed by atoms with van der Waals surface area (Å²) >= 11 is 6.16. The molecule has 2 aliphatic heterocycles. The molecule has 2 heterocycles. The number of aliphatic imine (C=N–C) groups is 1. The summed E-state index contributed by atoms with van der Waals surface area (Å²) in [5, 5.41) is 4.03. The van der Waals surface area contributed by atoms with Gasteiger partial charge in [-0.1, -0.05) is 35.9 Å². The summed E-state index contributed by atoms with van der Waals surface area (Å²) in [6, 6.07) is 14.5. The zero-order valence-electron chi connectivity index (χ0n) is 12.1. The third-order valence-electron chi connectivity index (χ3n) is 3.94. The van der Waals surface area contributed by atoms with E-state index in [4.69, 9.17) is 21.3 Å². The fraction of sp³-hybridized carbons (Fsp3) is 0.235. The van der Waals surface area contributed by atoms with Gasteiger partial charge in [0, 0.05) is 42.3 Å². The molecule has 0 aromatic heterocycles. The standard InChI is InChI=1S/C17H16ClN3O/c18-12-5-6-13-14-3-1-2-4-16(14)22-17(20-15(13)11-12)21-9-7-19-8-10-21/h1-6,11,19H,7-10H2. The van der Waals surface area contributed by atoms with Crippen LogP contribution < -0.4 is 10.1 Å². The Kier molecular flexibility index (Phi) is 3.48. The molecule has 0 amide bonds. The second-order valence-electron chi connectivity index (χ2n) is 5.39. The van der Waals surface area contributed by atoms with Gasteiger partial charge in [0.2, 0.25) is 0 Å². The van der Waals surface area contributed by atoms with Gasteiger partial charge in [-0.25, -0.2) is 0 Å². The van der Waals surface area contributed by atoms with Gasteiger partial charge in [0.25, 0.3) is 6.02 Å². The number of ether oxygens (including phenoxy) is 1. The number of benzene rings is 2. The van der Waals surface area contributed by atoms with Gasteiger partial charge in [0.15, 0.2) is 0 Å². The lowest BCUT2D eigenvalue weighted by molar-refractivity contribution is 0.303. The number of hydrogen-bond acceptors (Lipinski definition) is 4. The Balaban J connectivity index is 1.85. The minimum atomic E-state index is 0.648. The number of nitrogens with one attached hydrogen (secondary N) is 1. The molecule has 112 valence electrons. The highest BCUT2D eigenvalue weighted by molar-refractivity contribution is 6.31. The van der Waals surface area contributed by atoms with Crippen molar-refractivity contribution in [3.8, 4) is 16.9 Å². The lowest BCUT2D eigenvalue weighted by Gasteiger charge is -2.29. The first-order chi connectivity index (χ1) is 10.8. The van der Waals surface area contributed by atoms with Gasteiger partial charge in [-0.05, 0) is 18.2 Å². The second kappa shape index (κ2) is 5.63. The van der Waals surface area contributed by atoms with Gasteiger partial charge in [-0.2, -0.15) is 4.99 Å². The normalized spacial score (nSPS) is 17.0. The van der Waals surface area contributed by atoms with Crippen LogP contribution in [-0.4, -0.2) is 37.1 Å². The van der Waals surface area contributed by atoms with Gasteiger partial charge in [-0.15, -0.1) is 0 Å². The van der Waals surface area contributed by atoms with Crippen molar-refractivity contribution in [3.05, 3.63) is 47.5 Å². The fourth-order valence-corrected chi connectivity index (χ4v) is 2.99. The van der Waals surface area contributed by atoms with E-state index in [1.54, 1.807) is 0 Å². The van der Waals surface area contributed by atoms with E-state index in [0.29, 0.717) is 11.0 Å². The highest BCUT2D eigenvalue weighted by Gasteiger charge is 2.22. The number of para-hydroxylation sites is 1. The first-order valence-corrected chi connectivity index (χ1v) is 7.80. The number of hydrogen-bond donors (Lipinski definition) is 1. The second-order valence-corrected chi connectivity index (χ2v) is 5.83. The van der Waals surface area contributed by atoms with Gasteiger partial charge in [0.05, 0.1) is 5.69 Å². The van der Waals surface area contributed by atoms with Crippen molar-refractivity contribution in [1.29, 1.82) is 0 Å². The van der Waals surface area contributed by atoms with Crippen LogP contribution >= 0.6 is 11.6 Å². The van der Waals surface area contributed by atoms with Crippen molar-refractivity contribution < 1.29 is 4.74 Å². The molecular formula is C17H16ClN3O. The van der Waals surface area contributed by atoms with Gasteiger partial charge < -0.3 is 15.0 Å². The summed E-state index contributed by atoms with van der Waals surface area (Å²) in [6.45, 7) is 3.65. The summed E-state index contributed by atoms with van der Waals surface area (Å²) in [4.78, 5) is 6.92. The Morgan fingerprint density at radius 2 is 1.86 bits per heavy atom. The van der Waals surface area contributed by atoms with E-state index in [9.17, 15) is 0 Å². The first-order valence-electron chi connectivity index (χ1n) is 7.42. The number of rotatable bonds is 0. The Hall–Kier alpha value is -2.04. The van der Waals surface area contributed by atoms with Crippen LogP contribution in [0.1, 0.15) is 0 Å². The Morgan fingerprint density at radius 1 is 1.05 bits per heavy atom. The van der Waals surface area contributed by atoms with Crippen molar-refractivity contribution in [2.45, 2.75) is 0 Å². The predicted octanol–water partition coefficient (Wildman–Crippen LogP) is 3.29. The van der Waals surface area contributed by atoms with Gasteiger partial charge in [0.1, 0.15) is 5.75 Å². The molecule has 0 unspecified atom stereocenters. The average Bonchev–Trinajstić information content (AvgIpc) is 2.72. The maximum Gasteiger partial charge on any atom is 0.298 e. The molecule has 0 aliphatic carbocycles. The summed E-state index contributed by atoms with van der Waals surface area (Å²) in [6.07, 6.45) is 0. The maximum atomic E-state index is 6.16. The molecule has 2 aromatic carbocycles. The molecule has 2 aromatic rings. The molecule has 4 rings (SSSR count). The third-order valence-corrected chi connectivity index (χ3v) is 4.18. The number of amidine groups is 1. The van der Waals surface area contributed by atoms with E-state index >= 15 is 0 Å². The van der Waals surface area contributed by atoms with Crippen molar-refractivity contribution in [2.75, 3.05) is 26.2 Å². The molecule has 0 saturated carbocycles. The molecule has 5 heteroatoms. The molecule has 2 aliphatic rings. The zero-order valence-corrected chi connectivity index (χ0v) is 12.8. The van der Waals surface area contributed by atoms with Crippen molar-refractivity contribution in [2.24, 2.45) is 4.99 Å². The molecular weight excluding hydrogens is 298 g/mol. The minimum Gasteiger partial charge on any atom is -0.425 e. The Morgan fingerprint density at radius 3 is 2.73 bits per heavy atom. The molecule has 0 spiro atoms. The average molecular weight is 314 g/mol. The van der Waals surface area contributed by atoms with E-state index in [2.05, 4.69) is 16.3 Å². The summed E-state index contributed by atoms with van der Waals surface area (Å²) in [5.74, 6) is 0.834. The number of fused-ring (bicyclic) bond motifs is 3. The van der Waals surface area contributed by atoms with Crippen LogP contribution in [0.2, 0.25) is 5.02 Å². The maximum absolute atomic E-state index is 6.16. The van der Waals surface area contributed by atoms with E-state index in [1.807, 2.05) is 36.4 Å². The van der Waals surface area contributed by atoms with Crippen molar-refractivity contribution >= 4 is 23.3 Å². The topological polar surface area (TPSA) is 36.9 Å². The van der Waals surface area contributed by atoms with E-state index in [1.165, 1.54) is 0 Å². The lowest BCUT2D eigenvalue weighted by Crippen LogP contribution is -2.48. The van der Waals surface area contributed by atoms with Crippen LogP contribution in [0, 0.1) is 0 Å². The SMILES string of the molecule is Clc1ccc2c(c1)N=C(N1CCNCC1)Oc1ccccc1-2. The first kappa shape index (κ1) is 13.6. The molecule has 0 atom stereocenters. The van der Waals surface area contributed by atoms with Crippen LogP contribution in [0.4, 0.5) is 5.69 Å². The van der Waals surface area contributed by atoms with Crippen molar-refractivity contribution in [1.82, 2.24) is 10.2 Å². The third kappa shape index (κ3) is 2.45. The molecule has 22 heavy (non-hydrogen) atoms. The lowest BCUT2D eigenvalue weighted by atomic mass is 10.0. The van der Waals surface area contributed by atoms with Crippen LogP contribution in [0.3, 0.4) is 0 Å². The molecule has 0 bridgehead atoms. The highest BCUT2D eigenvalue weighted by Crippen LogP contribution is 2.40. The van der Waals surface area contributed by atoms with Gasteiger partial charge in [-0.3, -0.25) is 0 Å². The number of nitrogens with zero attached hydrogens (tertiary/aromatic N) is 2. The molecule has 0 radical (unpaired) electrons. The Bertz CT molecular complexity index is 738. The number of piperazine rings is 1. The zero-order chi connectivity index (χ0) is 14.9. The van der Waals surface area contributed by atoms with Crippen molar-refractivity contribution in [3.63, 3.8) is 0 Å². The molecule has 1 fully saturated rings. The summed E-state index contributed by atoms with van der Waals surface area (Å²) in [5.41, 5.74) is 2.94. The predicted molar refractivity (Wildman–Crippen MR) is 89.1 cm³/mol. The summed E-state index contributed by atoms with van der Waals surface area (Å²) < 4.78 is 6.12. The highest BCUT2D eigenvalue weighted by atomic mass is 35.5. The minimum absolute atomic E-state index is 0.648. The molecule has 4 nitrogen and oxygen atoms in total. The largest absolute Gasteiger partial charge is 0.425 e. The van der Waals surface area contributed by atoms with E-state index in [0.717, 1.165) is 48.7 Å². The number of halogens is 1. The molecule has 1 saturated heterocycles. The monoisotopic (exact) mass is 313 g/mol. The molecule has 1 N–H and O–H groups in total. The fourth-order valence-electron chi connectivity index (χ4n) is 2.82. The van der Waals surface area contributed by atoms with E-state index in [-0.39, 0.29) is 0 Å². The van der Waals surface area contributed by atoms with Crippen LogP contribution in [0.25, 0.3) is 11.1 Å². The van der Waals surface area contributed by atoms with E-state index < -0.39 is 0 Å². The van der Waals surface area contributed by atoms with Gasteiger partial charge >= 0.3 is 0 Å². The van der Waals surface area contributed by atoms with Crippen LogP contribution in [-0.2, 0) is 0 Å². The summed E-state index contributed by atoms with van der Waals surface area (Å²) in [7, 11) is 0. The van der Waals surface area contributed by atoms with Crippen LogP contribution in [0.15, 0.2) is 47.5 Å². The smallest absolute Gasteiger partial charge is 0.298 e.